The molecule has 0 unspecified atom stereocenters. The van der Waals surface area contributed by atoms with Gasteiger partial charge in [0.1, 0.15) is 0 Å². The van der Waals surface area contributed by atoms with Crippen LogP contribution in [0.5, 0.6) is 0 Å². The first kappa shape index (κ1) is 18.6. The summed E-state index contributed by atoms with van der Waals surface area (Å²) in [5.74, 6) is 0. The van der Waals surface area contributed by atoms with Gasteiger partial charge < -0.3 is 9.55 Å². The Balaban J connectivity index is 2.09. The Morgan fingerprint density at radius 2 is 1.86 bits per heavy atom. The van der Waals surface area contributed by atoms with Gasteiger partial charge in [0.2, 0.25) is 5.56 Å². The Morgan fingerprint density at radius 1 is 1.14 bits per heavy atom. The number of hydrogen-bond acceptors (Lipinski definition) is 2. The summed E-state index contributed by atoms with van der Waals surface area (Å²) in [5, 5.41) is 1.62. The van der Waals surface area contributed by atoms with Crippen LogP contribution in [0.4, 0.5) is 13.2 Å². The van der Waals surface area contributed by atoms with Gasteiger partial charge in [0, 0.05) is 46.9 Å². The van der Waals surface area contributed by atoms with E-state index in [9.17, 15) is 18.0 Å². The molecule has 4 rings (SSSR count). The zero-order valence-electron chi connectivity index (χ0n) is 14.8. The predicted molar refractivity (Wildman–Crippen MR) is 104 cm³/mol. The van der Waals surface area contributed by atoms with Gasteiger partial charge in [-0.3, -0.25) is 9.78 Å². The zero-order chi connectivity index (χ0) is 20.1. The number of pyridine rings is 2. The second-order valence-corrected chi connectivity index (χ2v) is 7.00. The van der Waals surface area contributed by atoms with E-state index in [4.69, 9.17) is 11.6 Å². The molecule has 0 saturated carbocycles. The summed E-state index contributed by atoms with van der Waals surface area (Å²) in [6, 6.07) is 8.19. The molecule has 3 aromatic heterocycles. The van der Waals surface area contributed by atoms with Crippen LogP contribution in [-0.2, 0) is 6.54 Å². The van der Waals surface area contributed by atoms with Crippen LogP contribution in [0.3, 0.4) is 0 Å². The molecule has 0 bridgehead atoms. The summed E-state index contributed by atoms with van der Waals surface area (Å²) in [7, 11) is 0. The van der Waals surface area contributed by atoms with Gasteiger partial charge in [-0.25, -0.2) is 0 Å². The van der Waals surface area contributed by atoms with Crippen LogP contribution >= 0.6 is 11.6 Å². The van der Waals surface area contributed by atoms with Crippen molar-refractivity contribution in [2.75, 3.05) is 0 Å². The fraction of sp³-hybridized carbons (Fsp3) is 0.200. The van der Waals surface area contributed by atoms with Gasteiger partial charge in [-0.05, 0) is 36.8 Å². The van der Waals surface area contributed by atoms with E-state index in [1.165, 1.54) is 6.07 Å². The average Bonchev–Trinajstić information content (AvgIpc) is 2.91. The third-order valence-electron chi connectivity index (χ3n) is 4.80. The molecular weight excluding hydrogens is 391 g/mol. The van der Waals surface area contributed by atoms with Crippen molar-refractivity contribution in [3.8, 4) is 11.3 Å². The van der Waals surface area contributed by atoms with E-state index in [1.54, 1.807) is 41.2 Å². The van der Waals surface area contributed by atoms with Gasteiger partial charge in [-0.2, -0.15) is 13.2 Å². The van der Waals surface area contributed by atoms with Gasteiger partial charge >= 0.3 is 6.18 Å². The average molecular weight is 406 g/mol. The molecule has 0 aliphatic heterocycles. The quantitative estimate of drug-likeness (QED) is 0.492. The highest BCUT2D eigenvalue weighted by molar-refractivity contribution is 6.37. The summed E-state index contributed by atoms with van der Waals surface area (Å²) in [4.78, 5) is 18.5. The number of H-pyrrole nitrogens is 1. The van der Waals surface area contributed by atoms with E-state index in [0.717, 1.165) is 16.5 Å². The standard InChI is InChI=1S/C20H15ClF3N3O/c1-11-17-15(3-2-14-18(17)13(21)10-16(28)26-14)27(9-6-20(22,23)24)19(11)12-4-7-25-8-5-12/h2-5,7-8,10H,6,9H2,1H3,(H,26,28). The van der Waals surface area contributed by atoms with E-state index in [1.807, 2.05) is 6.92 Å². The molecule has 4 nitrogen and oxygen atoms in total. The minimum atomic E-state index is -4.28. The molecule has 1 N–H and O–H groups in total. The number of aryl methyl sites for hydroxylation is 2. The normalized spacial score (nSPS) is 12.2. The Morgan fingerprint density at radius 3 is 2.54 bits per heavy atom. The predicted octanol–water partition coefficient (Wildman–Crippen LogP) is 5.46. The minimum Gasteiger partial charge on any atom is -0.340 e. The maximum atomic E-state index is 13.0. The molecule has 28 heavy (non-hydrogen) atoms. The van der Waals surface area contributed by atoms with Crippen molar-refractivity contribution >= 4 is 33.4 Å². The zero-order valence-corrected chi connectivity index (χ0v) is 15.5. The lowest BCUT2D eigenvalue weighted by Crippen LogP contribution is -2.13. The lowest BCUT2D eigenvalue weighted by atomic mass is 10.0. The van der Waals surface area contributed by atoms with Crippen LogP contribution in [-0.4, -0.2) is 20.7 Å². The Kier molecular flexibility index (Phi) is 4.42. The number of aromatic nitrogens is 3. The summed E-state index contributed by atoms with van der Waals surface area (Å²) >= 11 is 6.35. The third kappa shape index (κ3) is 3.16. The Hall–Kier alpha value is -2.80. The molecule has 4 aromatic rings. The van der Waals surface area contributed by atoms with E-state index >= 15 is 0 Å². The fourth-order valence-corrected chi connectivity index (χ4v) is 3.99. The van der Waals surface area contributed by atoms with Gasteiger partial charge in [-0.15, -0.1) is 0 Å². The first-order chi connectivity index (χ1) is 13.3. The molecule has 0 spiro atoms. The van der Waals surface area contributed by atoms with E-state index in [-0.39, 0.29) is 17.1 Å². The number of hydrogen-bond donors (Lipinski definition) is 1. The molecule has 0 aliphatic rings. The SMILES string of the molecule is Cc1c(-c2ccncc2)n(CCC(F)(F)F)c2ccc3[nH]c(=O)cc(Cl)c3c12. The highest BCUT2D eigenvalue weighted by Crippen LogP contribution is 2.39. The summed E-state index contributed by atoms with van der Waals surface area (Å²) in [6.45, 7) is 1.63. The number of nitrogens with zero attached hydrogens (tertiary/aromatic N) is 2. The molecule has 3 heterocycles. The van der Waals surface area contributed by atoms with Crippen LogP contribution in [0.1, 0.15) is 12.0 Å². The lowest BCUT2D eigenvalue weighted by Gasteiger charge is -2.13. The molecule has 0 saturated heterocycles. The number of halogens is 4. The topological polar surface area (TPSA) is 50.7 Å². The van der Waals surface area contributed by atoms with Gasteiger partial charge in [0.15, 0.2) is 0 Å². The van der Waals surface area contributed by atoms with Crippen molar-refractivity contribution in [3.63, 3.8) is 0 Å². The van der Waals surface area contributed by atoms with Crippen molar-refractivity contribution in [2.24, 2.45) is 0 Å². The van der Waals surface area contributed by atoms with E-state index in [2.05, 4.69) is 9.97 Å². The highest BCUT2D eigenvalue weighted by Gasteiger charge is 2.28. The smallest absolute Gasteiger partial charge is 0.340 e. The second-order valence-electron chi connectivity index (χ2n) is 6.59. The monoisotopic (exact) mass is 405 g/mol. The minimum absolute atomic E-state index is 0.224. The maximum absolute atomic E-state index is 13.0. The summed E-state index contributed by atoms with van der Waals surface area (Å²) < 4.78 is 40.5. The van der Waals surface area contributed by atoms with Crippen LogP contribution in [0.15, 0.2) is 47.5 Å². The molecule has 144 valence electrons. The Labute approximate surface area is 162 Å². The van der Waals surface area contributed by atoms with Crippen molar-refractivity contribution in [3.05, 3.63) is 63.7 Å². The largest absolute Gasteiger partial charge is 0.390 e. The molecule has 0 amide bonds. The van der Waals surface area contributed by atoms with Gasteiger partial charge in [0.25, 0.3) is 0 Å². The molecule has 1 aromatic carbocycles. The van der Waals surface area contributed by atoms with Crippen LogP contribution in [0, 0.1) is 6.92 Å². The van der Waals surface area contributed by atoms with Gasteiger partial charge in [-0.1, -0.05) is 11.6 Å². The number of benzene rings is 1. The molecule has 0 aliphatic carbocycles. The van der Waals surface area contributed by atoms with Crippen molar-refractivity contribution in [2.45, 2.75) is 26.1 Å². The number of rotatable bonds is 3. The van der Waals surface area contributed by atoms with Crippen LogP contribution < -0.4 is 5.56 Å². The van der Waals surface area contributed by atoms with Crippen molar-refractivity contribution in [1.29, 1.82) is 0 Å². The molecular formula is C20H15ClF3N3O. The third-order valence-corrected chi connectivity index (χ3v) is 5.10. The van der Waals surface area contributed by atoms with Crippen LogP contribution in [0.25, 0.3) is 33.1 Å². The van der Waals surface area contributed by atoms with Crippen molar-refractivity contribution in [1.82, 2.24) is 14.5 Å². The molecule has 8 heteroatoms. The van der Waals surface area contributed by atoms with Gasteiger partial charge in [0.05, 0.1) is 22.7 Å². The number of fused-ring (bicyclic) bond motifs is 3. The fourth-order valence-electron chi connectivity index (χ4n) is 3.70. The summed E-state index contributed by atoms with van der Waals surface area (Å²) in [6.07, 6.45) is -2.03. The first-order valence-corrected chi connectivity index (χ1v) is 8.95. The Bertz CT molecular complexity index is 1240. The first-order valence-electron chi connectivity index (χ1n) is 8.58. The molecule has 0 atom stereocenters. The van der Waals surface area contributed by atoms with Crippen molar-refractivity contribution < 1.29 is 13.2 Å². The number of alkyl halides is 3. The summed E-state index contributed by atoms with van der Waals surface area (Å²) in [5.41, 5.74) is 3.08. The molecule has 0 fully saturated rings. The maximum Gasteiger partial charge on any atom is 0.390 e. The number of aromatic amines is 1. The van der Waals surface area contributed by atoms with Crippen LogP contribution in [0.2, 0.25) is 5.02 Å². The lowest BCUT2D eigenvalue weighted by molar-refractivity contribution is -0.136. The second kappa shape index (κ2) is 6.67. The van der Waals surface area contributed by atoms with E-state index < -0.39 is 12.6 Å². The van der Waals surface area contributed by atoms with E-state index in [0.29, 0.717) is 22.1 Å². The molecule has 0 radical (unpaired) electrons. The highest BCUT2D eigenvalue weighted by atomic mass is 35.5. The number of nitrogens with one attached hydrogen (secondary N) is 1.